The average Bonchev–Trinajstić information content (AvgIpc) is 2.31. The van der Waals surface area contributed by atoms with E-state index in [-0.39, 0.29) is 11.9 Å². The summed E-state index contributed by atoms with van der Waals surface area (Å²) in [6, 6.07) is 5.00. The third kappa shape index (κ3) is 4.45. The number of nitrogens with one attached hydrogen (secondary N) is 1. The molecule has 1 unspecified atom stereocenters. The van der Waals surface area contributed by atoms with E-state index in [1.54, 1.807) is 18.2 Å². The summed E-state index contributed by atoms with van der Waals surface area (Å²) in [5.74, 6) is 0.187. The van der Waals surface area contributed by atoms with Crippen LogP contribution in [0.25, 0.3) is 0 Å². The Morgan fingerprint density at radius 3 is 2.61 bits per heavy atom. The van der Waals surface area contributed by atoms with Crippen LogP contribution in [-0.4, -0.2) is 17.3 Å². The van der Waals surface area contributed by atoms with Crippen LogP contribution >= 0.6 is 39.1 Å². The summed E-state index contributed by atoms with van der Waals surface area (Å²) in [5.41, 5.74) is 0.421. The minimum atomic E-state index is -0.179. The molecule has 1 aromatic rings. The van der Waals surface area contributed by atoms with E-state index in [9.17, 15) is 4.79 Å². The predicted octanol–water partition coefficient (Wildman–Crippen LogP) is 4.53. The molecule has 1 atom stereocenters. The Bertz CT molecular complexity index is 423. The van der Waals surface area contributed by atoms with Crippen molar-refractivity contribution in [1.82, 2.24) is 5.32 Å². The van der Waals surface area contributed by atoms with Crippen LogP contribution in [0.5, 0.6) is 0 Å². The van der Waals surface area contributed by atoms with Gasteiger partial charge in [-0.15, -0.1) is 0 Å². The number of benzene rings is 1. The van der Waals surface area contributed by atoms with Gasteiger partial charge in [-0.3, -0.25) is 4.79 Å². The Labute approximate surface area is 126 Å². The minimum absolute atomic E-state index is 0.118. The van der Waals surface area contributed by atoms with Crippen molar-refractivity contribution in [2.45, 2.75) is 26.3 Å². The van der Waals surface area contributed by atoms with Gasteiger partial charge in [0, 0.05) is 16.4 Å². The summed E-state index contributed by atoms with van der Waals surface area (Å²) < 4.78 is 0. The number of hydrogen-bond donors (Lipinski definition) is 1. The van der Waals surface area contributed by atoms with Gasteiger partial charge in [0.2, 0.25) is 0 Å². The Balaban J connectivity index is 2.83. The molecule has 0 aliphatic carbocycles. The van der Waals surface area contributed by atoms with Gasteiger partial charge in [0.15, 0.2) is 0 Å². The molecule has 1 amide bonds. The van der Waals surface area contributed by atoms with Crippen LogP contribution < -0.4 is 5.32 Å². The second-order valence-electron chi connectivity index (χ2n) is 4.43. The monoisotopic (exact) mass is 351 g/mol. The van der Waals surface area contributed by atoms with Crippen LogP contribution in [0.4, 0.5) is 0 Å². The highest BCUT2D eigenvalue weighted by Crippen LogP contribution is 2.21. The molecule has 0 fully saturated rings. The molecule has 1 aromatic carbocycles. The third-order valence-electron chi connectivity index (χ3n) is 2.71. The summed E-state index contributed by atoms with van der Waals surface area (Å²) in [4.78, 5) is 12.1. The van der Waals surface area contributed by atoms with Crippen molar-refractivity contribution >= 4 is 45.0 Å². The molecule has 0 saturated carbocycles. The van der Waals surface area contributed by atoms with Crippen molar-refractivity contribution in [3.8, 4) is 0 Å². The fraction of sp³-hybridized carbons (Fsp3) is 0.462. The zero-order chi connectivity index (χ0) is 13.7. The van der Waals surface area contributed by atoms with Gasteiger partial charge in [0.25, 0.3) is 5.91 Å². The summed E-state index contributed by atoms with van der Waals surface area (Å²) in [6.45, 7) is 4.15. The average molecular weight is 353 g/mol. The van der Waals surface area contributed by atoms with Crippen LogP contribution in [0, 0.1) is 5.92 Å². The standard InChI is InChI=1S/C13H16BrCl2NO/c1-8(2)12(5-6-14)17-13(18)10-7-9(15)3-4-11(10)16/h3-4,7-8,12H,5-6H2,1-2H3,(H,17,18). The van der Waals surface area contributed by atoms with E-state index < -0.39 is 0 Å². The maximum atomic E-state index is 12.1. The largest absolute Gasteiger partial charge is 0.349 e. The predicted molar refractivity (Wildman–Crippen MR) is 81.0 cm³/mol. The lowest BCUT2D eigenvalue weighted by Gasteiger charge is -2.21. The lowest BCUT2D eigenvalue weighted by Crippen LogP contribution is -2.38. The van der Waals surface area contributed by atoms with E-state index in [4.69, 9.17) is 23.2 Å². The van der Waals surface area contributed by atoms with Gasteiger partial charge in [-0.05, 0) is 30.5 Å². The highest BCUT2D eigenvalue weighted by Gasteiger charge is 2.18. The van der Waals surface area contributed by atoms with Crippen molar-refractivity contribution < 1.29 is 4.79 Å². The lowest BCUT2D eigenvalue weighted by molar-refractivity contribution is 0.0925. The van der Waals surface area contributed by atoms with E-state index in [0.29, 0.717) is 21.5 Å². The number of carbonyl (C=O) groups excluding carboxylic acids is 1. The van der Waals surface area contributed by atoms with Crippen molar-refractivity contribution in [2.24, 2.45) is 5.92 Å². The molecular formula is C13H16BrCl2NO. The zero-order valence-corrected chi connectivity index (χ0v) is 13.4. The van der Waals surface area contributed by atoms with Gasteiger partial charge >= 0.3 is 0 Å². The first-order chi connectivity index (χ1) is 8.45. The van der Waals surface area contributed by atoms with Crippen molar-refractivity contribution in [3.63, 3.8) is 0 Å². The van der Waals surface area contributed by atoms with Crippen LogP contribution in [0.15, 0.2) is 18.2 Å². The van der Waals surface area contributed by atoms with E-state index in [0.717, 1.165) is 11.8 Å². The molecule has 1 N–H and O–H groups in total. The second-order valence-corrected chi connectivity index (χ2v) is 6.06. The molecule has 0 spiro atoms. The summed E-state index contributed by atoms with van der Waals surface area (Å²) in [6.07, 6.45) is 0.877. The van der Waals surface area contributed by atoms with E-state index in [1.165, 1.54) is 0 Å². The van der Waals surface area contributed by atoms with Gasteiger partial charge in [0.1, 0.15) is 0 Å². The van der Waals surface area contributed by atoms with Crippen LogP contribution in [0.1, 0.15) is 30.6 Å². The second kappa shape index (κ2) is 7.37. The summed E-state index contributed by atoms with van der Waals surface area (Å²) in [7, 11) is 0. The molecule has 0 bridgehead atoms. The normalized spacial score (nSPS) is 12.6. The number of rotatable bonds is 5. The number of carbonyl (C=O) groups is 1. The van der Waals surface area contributed by atoms with Crippen LogP contribution in [0.3, 0.4) is 0 Å². The number of hydrogen-bond acceptors (Lipinski definition) is 1. The smallest absolute Gasteiger partial charge is 0.253 e. The molecule has 0 aliphatic rings. The molecule has 0 saturated heterocycles. The van der Waals surface area contributed by atoms with Crippen molar-refractivity contribution in [1.29, 1.82) is 0 Å². The van der Waals surface area contributed by atoms with Gasteiger partial charge in [-0.25, -0.2) is 0 Å². The Morgan fingerprint density at radius 2 is 2.06 bits per heavy atom. The third-order valence-corrected chi connectivity index (χ3v) is 3.74. The van der Waals surface area contributed by atoms with Gasteiger partial charge < -0.3 is 5.32 Å². The van der Waals surface area contributed by atoms with Gasteiger partial charge in [0.05, 0.1) is 10.6 Å². The summed E-state index contributed by atoms with van der Waals surface area (Å²) in [5, 5.41) is 4.76. The topological polar surface area (TPSA) is 29.1 Å². The van der Waals surface area contributed by atoms with Crippen LogP contribution in [0.2, 0.25) is 10.0 Å². The van der Waals surface area contributed by atoms with E-state index in [1.807, 2.05) is 0 Å². The van der Waals surface area contributed by atoms with Gasteiger partial charge in [-0.2, -0.15) is 0 Å². The Hall–Kier alpha value is -0.250. The fourth-order valence-corrected chi connectivity index (χ4v) is 2.48. The molecule has 100 valence electrons. The first kappa shape index (κ1) is 15.8. The Morgan fingerprint density at radius 1 is 1.39 bits per heavy atom. The highest BCUT2D eigenvalue weighted by molar-refractivity contribution is 9.09. The number of amides is 1. The van der Waals surface area contributed by atoms with Crippen molar-refractivity contribution in [3.05, 3.63) is 33.8 Å². The molecule has 1 rings (SSSR count). The first-order valence-corrected chi connectivity index (χ1v) is 7.65. The van der Waals surface area contributed by atoms with Crippen LogP contribution in [-0.2, 0) is 0 Å². The maximum Gasteiger partial charge on any atom is 0.253 e. The fourth-order valence-electron chi connectivity index (χ4n) is 1.61. The number of halogens is 3. The Kier molecular flexibility index (Phi) is 6.47. The maximum absolute atomic E-state index is 12.1. The SMILES string of the molecule is CC(C)C(CCBr)NC(=O)c1cc(Cl)ccc1Cl. The lowest BCUT2D eigenvalue weighted by atomic mass is 10.0. The van der Waals surface area contributed by atoms with Crippen molar-refractivity contribution in [2.75, 3.05) is 5.33 Å². The van der Waals surface area contributed by atoms with E-state index in [2.05, 4.69) is 35.1 Å². The summed E-state index contributed by atoms with van der Waals surface area (Å²) >= 11 is 15.3. The molecule has 0 radical (unpaired) electrons. The molecule has 0 heterocycles. The van der Waals surface area contributed by atoms with E-state index >= 15 is 0 Å². The minimum Gasteiger partial charge on any atom is -0.349 e. The zero-order valence-electron chi connectivity index (χ0n) is 10.3. The molecule has 18 heavy (non-hydrogen) atoms. The molecule has 2 nitrogen and oxygen atoms in total. The number of alkyl halides is 1. The van der Waals surface area contributed by atoms with Gasteiger partial charge in [-0.1, -0.05) is 53.0 Å². The molecule has 0 aliphatic heterocycles. The quantitative estimate of drug-likeness (QED) is 0.775. The molecule has 0 aromatic heterocycles. The molecule has 5 heteroatoms. The molecular weight excluding hydrogens is 337 g/mol. The first-order valence-electron chi connectivity index (χ1n) is 5.77. The highest BCUT2D eigenvalue weighted by atomic mass is 79.9.